The Hall–Kier alpha value is -2.34. The second-order valence-electron chi connectivity index (χ2n) is 5.94. The van der Waals surface area contributed by atoms with Gasteiger partial charge in [-0.2, -0.15) is 5.10 Å². The Morgan fingerprint density at radius 1 is 1.17 bits per heavy atom. The number of nitrogens with zero attached hydrogens (tertiary/aromatic N) is 5. The van der Waals surface area contributed by atoms with Crippen LogP contribution < -0.4 is 0 Å². The maximum atomic E-state index is 13.0. The van der Waals surface area contributed by atoms with Crippen molar-refractivity contribution in [3.8, 4) is 0 Å². The topological polar surface area (TPSA) is 46.3 Å². The molecule has 0 bridgehead atoms. The summed E-state index contributed by atoms with van der Waals surface area (Å²) in [6.45, 7) is 1.73. The molecular weight excluding hydrogens is 293 g/mol. The van der Waals surface area contributed by atoms with E-state index in [4.69, 9.17) is 4.98 Å². The van der Waals surface area contributed by atoms with Gasteiger partial charge in [-0.3, -0.25) is 9.88 Å². The van der Waals surface area contributed by atoms with Crippen molar-refractivity contribution in [2.24, 2.45) is 0 Å². The van der Waals surface area contributed by atoms with Crippen LogP contribution in [0.15, 0.2) is 42.9 Å². The van der Waals surface area contributed by atoms with Gasteiger partial charge in [-0.1, -0.05) is 6.42 Å². The number of hydrogen-bond donors (Lipinski definition) is 0. The van der Waals surface area contributed by atoms with E-state index in [-0.39, 0.29) is 11.9 Å². The van der Waals surface area contributed by atoms with Crippen molar-refractivity contribution in [2.45, 2.75) is 31.8 Å². The third kappa shape index (κ3) is 2.94. The third-order valence-corrected chi connectivity index (χ3v) is 4.39. The van der Waals surface area contributed by atoms with Crippen LogP contribution in [0.4, 0.5) is 4.39 Å². The van der Waals surface area contributed by atoms with Gasteiger partial charge in [-0.15, -0.1) is 0 Å². The zero-order chi connectivity index (χ0) is 15.6. The Kier molecular flexibility index (Phi) is 3.75. The fourth-order valence-corrected chi connectivity index (χ4v) is 3.24. The van der Waals surface area contributed by atoms with Crippen LogP contribution in [-0.4, -0.2) is 31.0 Å². The second kappa shape index (κ2) is 6.04. The predicted molar refractivity (Wildman–Crippen MR) is 84.2 cm³/mol. The summed E-state index contributed by atoms with van der Waals surface area (Å²) in [5.41, 5.74) is 2.83. The number of rotatable bonds is 3. The molecule has 118 valence electrons. The Bertz CT molecular complexity index is 798. The summed E-state index contributed by atoms with van der Waals surface area (Å²) in [4.78, 5) is 11.3. The van der Waals surface area contributed by atoms with Crippen LogP contribution >= 0.6 is 0 Å². The molecular formula is C17H18FN5. The minimum absolute atomic E-state index is 0.274. The first-order valence-electron chi connectivity index (χ1n) is 7.94. The summed E-state index contributed by atoms with van der Waals surface area (Å²) in [6.07, 6.45) is 8.45. The van der Waals surface area contributed by atoms with Crippen molar-refractivity contribution in [3.63, 3.8) is 0 Å². The zero-order valence-corrected chi connectivity index (χ0v) is 12.8. The minimum Gasteiger partial charge on any atom is -0.289 e. The highest BCUT2D eigenvalue weighted by atomic mass is 19.1. The van der Waals surface area contributed by atoms with Gasteiger partial charge in [0.2, 0.25) is 0 Å². The highest BCUT2D eigenvalue weighted by Gasteiger charge is 2.25. The van der Waals surface area contributed by atoms with Gasteiger partial charge in [0.25, 0.3) is 0 Å². The Morgan fingerprint density at radius 3 is 3.00 bits per heavy atom. The van der Waals surface area contributed by atoms with E-state index in [1.165, 1.54) is 25.1 Å². The molecule has 5 nitrogen and oxygen atoms in total. The third-order valence-electron chi connectivity index (χ3n) is 4.39. The van der Waals surface area contributed by atoms with Gasteiger partial charge in [0.1, 0.15) is 5.82 Å². The maximum absolute atomic E-state index is 13.0. The van der Waals surface area contributed by atoms with Gasteiger partial charge < -0.3 is 0 Å². The molecule has 3 aromatic heterocycles. The smallest absolute Gasteiger partial charge is 0.155 e. The number of likely N-dealkylation sites (tertiary alicyclic amines) is 1. The lowest BCUT2D eigenvalue weighted by Gasteiger charge is -2.35. The van der Waals surface area contributed by atoms with Gasteiger partial charge in [0.05, 0.1) is 29.8 Å². The molecule has 4 heterocycles. The van der Waals surface area contributed by atoms with Crippen LogP contribution in [0, 0.1) is 5.82 Å². The van der Waals surface area contributed by atoms with Gasteiger partial charge in [-0.25, -0.2) is 13.9 Å². The van der Waals surface area contributed by atoms with Crippen LogP contribution in [0.5, 0.6) is 0 Å². The van der Waals surface area contributed by atoms with Crippen molar-refractivity contribution in [3.05, 3.63) is 60.1 Å². The van der Waals surface area contributed by atoms with Gasteiger partial charge in [-0.05, 0) is 37.6 Å². The summed E-state index contributed by atoms with van der Waals surface area (Å²) in [5.74, 6) is -0.295. The molecule has 0 spiro atoms. The number of aromatic nitrogens is 4. The monoisotopic (exact) mass is 311 g/mol. The number of pyridine rings is 1. The van der Waals surface area contributed by atoms with E-state index in [2.05, 4.69) is 15.0 Å². The lowest BCUT2D eigenvalue weighted by atomic mass is 9.99. The fourth-order valence-electron chi connectivity index (χ4n) is 3.24. The average molecular weight is 311 g/mol. The molecule has 0 aromatic carbocycles. The van der Waals surface area contributed by atoms with E-state index in [9.17, 15) is 4.39 Å². The van der Waals surface area contributed by atoms with Gasteiger partial charge >= 0.3 is 0 Å². The zero-order valence-electron chi connectivity index (χ0n) is 12.8. The molecule has 0 saturated carbocycles. The summed E-state index contributed by atoms with van der Waals surface area (Å²) in [5, 5.41) is 4.20. The maximum Gasteiger partial charge on any atom is 0.155 e. The summed E-state index contributed by atoms with van der Waals surface area (Å²) in [6, 6.07) is 7.46. The normalized spacial score (nSPS) is 19.3. The molecule has 4 rings (SSSR count). The number of hydrogen-bond acceptors (Lipinski definition) is 4. The Morgan fingerprint density at radius 2 is 2.13 bits per heavy atom. The van der Waals surface area contributed by atoms with E-state index in [0.29, 0.717) is 0 Å². The Labute approximate surface area is 133 Å². The first kappa shape index (κ1) is 14.3. The average Bonchev–Trinajstić information content (AvgIpc) is 3.05. The van der Waals surface area contributed by atoms with Crippen molar-refractivity contribution in [1.29, 1.82) is 0 Å². The van der Waals surface area contributed by atoms with Crippen molar-refractivity contribution in [1.82, 2.24) is 24.5 Å². The molecule has 1 saturated heterocycles. The SMILES string of the molecule is Fc1ccc(CN2CCCCC2c2ccn3nccc3n2)nc1. The molecule has 6 heteroatoms. The van der Waals surface area contributed by atoms with Crippen LogP contribution in [0.3, 0.4) is 0 Å². The molecule has 1 atom stereocenters. The molecule has 0 amide bonds. The molecule has 1 fully saturated rings. The quantitative estimate of drug-likeness (QED) is 0.746. The van der Waals surface area contributed by atoms with E-state index in [1.807, 2.05) is 18.3 Å². The van der Waals surface area contributed by atoms with Crippen molar-refractivity contribution >= 4 is 5.65 Å². The van der Waals surface area contributed by atoms with Gasteiger partial charge in [0, 0.05) is 18.8 Å². The lowest BCUT2D eigenvalue weighted by molar-refractivity contribution is 0.135. The van der Waals surface area contributed by atoms with E-state index >= 15 is 0 Å². The number of fused-ring (bicyclic) bond motifs is 1. The number of piperidine rings is 1. The minimum atomic E-state index is -0.295. The standard InChI is InChI=1S/C17H18FN5/c18-13-4-5-14(19-11-13)12-22-9-2-1-3-16(22)15-7-10-23-17(21-15)6-8-20-23/h4-8,10-11,16H,1-3,9,12H2. The highest BCUT2D eigenvalue weighted by molar-refractivity contribution is 5.37. The Balaban J connectivity index is 1.60. The first-order valence-corrected chi connectivity index (χ1v) is 7.94. The van der Waals surface area contributed by atoms with Crippen molar-refractivity contribution in [2.75, 3.05) is 6.54 Å². The fraction of sp³-hybridized carbons (Fsp3) is 0.353. The van der Waals surface area contributed by atoms with Crippen LogP contribution in [0.25, 0.3) is 5.65 Å². The second-order valence-corrected chi connectivity index (χ2v) is 5.94. The summed E-state index contributed by atoms with van der Waals surface area (Å²) >= 11 is 0. The van der Waals surface area contributed by atoms with Crippen LogP contribution in [0.1, 0.15) is 36.7 Å². The summed E-state index contributed by atoms with van der Waals surface area (Å²) in [7, 11) is 0. The van der Waals surface area contributed by atoms with E-state index in [1.54, 1.807) is 16.8 Å². The van der Waals surface area contributed by atoms with Crippen molar-refractivity contribution < 1.29 is 4.39 Å². The molecule has 0 N–H and O–H groups in total. The highest BCUT2D eigenvalue weighted by Crippen LogP contribution is 2.31. The summed E-state index contributed by atoms with van der Waals surface area (Å²) < 4.78 is 14.8. The van der Waals surface area contributed by atoms with E-state index < -0.39 is 0 Å². The molecule has 1 aliphatic heterocycles. The van der Waals surface area contributed by atoms with Crippen LogP contribution in [-0.2, 0) is 6.54 Å². The molecule has 23 heavy (non-hydrogen) atoms. The van der Waals surface area contributed by atoms with E-state index in [0.717, 1.165) is 36.5 Å². The molecule has 1 unspecified atom stereocenters. The predicted octanol–water partition coefficient (Wildman–Crippen LogP) is 2.99. The molecule has 1 aliphatic rings. The molecule has 3 aromatic rings. The van der Waals surface area contributed by atoms with Gasteiger partial charge in [0.15, 0.2) is 5.65 Å². The molecule has 0 aliphatic carbocycles. The first-order chi connectivity index (χ1) is 11.3. The van der Waals surface area contributed by atoms with Crippen LogP contribution in [0.2, 0.25) is 0 Å². The lowest BCUT2D eigenvalue weighted by Crippen LogP contribution is -2.33. The molecule has 0 radical (unpaired) electrons. The largest absolute Gasteiger partial charge is 0.289 e. The number of halogens is 1.